The Hall–Kier alpha value is -1.61. The Balaban J connectivity index is 2.28. The Morgan fingerprint density at radius 2 is 2.10 bits per heavy atom. The summed E-state index contributed by atoms with van der Waals surface area (Å²) in [4.78, 5) is 11.2. The Bertz CT molecular complexity index is 476. The average Bonchev–Trinajstić information content (AvgIpc) is 2.87. The topological polar surface area (TPSA) is 70.3 Å². The van der Waals surface area contributed by atoms with E-state index >= 15 is 0 Å². The number of nitrogens with two attached hydrogens (primary N) is 1. The van der Waals surface area contributed by atoms with Gasteiger partial charge in [-0.15, -0.1) is 0 Å². The molecule has 1 fully saturated rings. The summed E-state index contributed by atoms with van der Waals surface area (Å²) in [6.07, 6.45) is -3.65. The summed E-state index contributed by atoms with van der Waals surface area (Å²) >= 11 is 0. The van der Waals surface area contributed by atoms with Crippen LogP contribution in [0.4, 0.5) is 24.9 Å². The molecule has 1 aromatic heterocycles. The molecule has 1 aromatic rings. The van der Waals surface area contributed by atoms with Gasteiger partial charge in [0.15, 0.2) is 5.69 Å². The zero-order valence-electron chi connectivity index (χ0n) is 11.3. The molecule has 6 nitrogen and oxygen atoms in total. The molecule has 112 valence electrons. The van der Waals surface area contributed by atoms with E-state index in [4.69, 9.17) is 5.84 Å². The summed E-state index contributed by atoms with van der Waals surface area (Å²) in [5.41, 5.74) is 1.08. The first-order valence-corrected chi connectivity index (χ1v) is 6.15. The minimum Gasteiger partial charge on any atom is -0.355 e. The second kappa shape index (κ2) is 5.41. The average molecular weight is 290 g/mol. The molecular formula is C11H17F3N6. The summed E-state index contributed by atoms with van der Waals surface area (Å²) < 4.78 is 38.4. The first kappa shape index (κ1) is 14.8. The van der Waals surface area contributed by atoms with Gasteiger partial charge in [0.1, 0.15) is 5.82 Å². The molecule has 1 atom stereocenters. The molecule has 2 heterocycles. The normalized spacial score (nSPS) is 19.8. The van der Waals surface area contributed by atoms with Crippen LogP contribution >= 0.6 is 0 Å². The van der Waals surface area contributed by atoms with Gasteiger partial charge in [-0.1, -0.05) is 0 Å². The van der Waals surface area contributed by atoms with Crippen LogP contribution in [-0.2, 0) is 6.18 Å². The van der Waals surface area contributed by atoms with Gasteiger partial charge in [-0.2, -0.15) is 18.2 Å². The summed E-state index contributed by atoms with van der Waals surface area (Å²) in [5, 5.41) is 0. The summed E-state index contributed by atoms with van der Waals surface area (Å²) in [5.74, 6) is 5.14. The van der Waals surface area contributed by atoms with Crippen LogP contribution in [0.1, 0.15) is 12.1 Å². The number of rotatable bonds is 3. The quantitative estimate of drug-likeness (QED) is 0.637. The van der Waals surface area contributed by atoms with Crippen LogP contribution in [0.2, 0.25) is 0 Å². The van der Waals surface area contributed by atoms with Crippen LogP contribution < -0.4 is 16.2 Å². The molecule has 1 aliphatic rings. The summed E-state index contributed by atoms with van der Waals surface area (Å²) in [6.45, 7) is 1.28. The molecule has 1 saturated heterocycles. The van der Waals surface area contributed by atoms with E-state index in [0.717, 1.165) is 12.5 Å². The van der Waals surface area contributed by atoms with Gasteiger partial charge in [-0.25, -0.2) is 10.8 Å². The third kappa shape index (κ3) is 3.10. The van der Waals surface area contributed by atoms with E-state index in [1.807, 2.05) is 23.9 Å². The van der Waals surface area contributed by atoms with E-state index in [1.165, 1.54) is 0 Å². The van der Waals surface area contributed by atoms with Crippen molar-refractivity contribution in [3.8, 4) is 0 Å². The third-order valence-corrected chi connectivity index (χ3v) is 3.35. The fraction of sp³-hybridized carbons (Fsp3) is 0.636. The fourth-order valence-corrected chi connectivity index (χ4v) is 2.18. The summed E-state index contributed by atoms with van der Waals surface area (Å²) in [7, 11) is 3.89. The van der Waals surface area contributed by atoms with Gasteiger partial charge < -0.3 is 9.80 Å². The van der Waals surface area contributed by atoms with Crippen molar-refractivity contribution in [2.24, 2.45) is 5.84 Å². The maximum Gasteiger partial charge on any atom is 0.433 e. The molecule has 0 bridgehead atoms. The van der Waals surface area contributed by atoms with Crippen molar-refractivity contribution in [2.45, 2.75) is 18.6 Å². The molecular weight excluding hydrogens is 273 g/mol. The lowest BCUT2D eigenvalue weighted by atomic mass is 10.2. The number of alkyl halides is 3. The minimum atomic E-state index is -4.52. The van der Waals surface area contributed by atoms with Gasteiger partial charge in [-0.05, 0) is 20.5 Å². The van der Waals surface area contributed by atoms with Crippen molar-refractivity contribution < 1.29 is 13.2 Å². The van der Waals surface area contributed by atoms with Crippen molar-refractivity contribution in [1.29, 1.82) is 0 Å². The largest absolute Gasteiger partial charge is 0.433 e. The van der Waals surface area contributed by atoms with E-state index in [1.54, 1.807) is 0 Å². The van der Waals surface area contributed by atoms with Gasteiger partial charge in [0.25, 0.3) is 0 Å². The Labute approximate surface area is 114 Å². The molecule has 1 aliphatic heterocycles. The van der Waals surface area contributed by atoms with Gasteiger partial charge in [0.2, 0.25) is 5.95 Å². The highest BCUT2D eigenvalue weighted by Gasteiger charge is 2.35. The molecule has 20 heavy (non-hydrogen) atoms. The number of nitrogens with one attached hydrogen (secondary N) is 1. The number of hydrogen-bond acceptors (Lipinski definition) is 6. The van der Waals surface area contributed by atoms with Crippen LogP contribution in [0.15, 0.2) is 6.07 Å². The van der Waals surface area contributed by atoms with Crippen LogP contribution in [0.25, 0.3) is 0 Å². The van der Waals surface area contributed by atoms with Crippen molar-refractivity contribution in [3.63, 3.8) is 0 Å². The first-order valence-electron chi connectivity index (χ1n) is 6.15. The Kier molecular flexibility index (Phi) is 4.00. The highest BCUT2D eigenvalue weighted by Crippen LogP contribution is 2.31. The SMILES string of the molecule is CN(C)C1CCN(c2cc(C(F)(F)F)nc(NN)n2)C1. The van der Waals surface area contributed by atoms with Gasteiger partial charge in [-0.3, -0.25) is 5.43 Å². The Morgan fingerprint density at radius 3 is 2.60 bits per heavy atom. The van der Waals surface area contributed by atoms with Crippen molar-refractivity contribution in [3.05, 3.63) is 11.8 Å². The zero-order valence-corrected chi connectivity index (χ0v) is 11.3. The maximum atomic E-state index is 12.8. The second-order valence-electron chi connectivity index (χ2n) is 4.93. The van der Waals surface area contributed by atoms with Crippen molar-refractivity contribution in [2.75, 3.05) is 37.5 Å². The Morgan fingerprint density at radius 1 is 1.40 bits per heavy atom. The zero-order chi connectivity index (χ0) is 14.9. The summed E-state index contributed by atoms with van der Waals surface area (Å²) in [6, 6.07) is 1.26. The van der Waals surface area contributed by atoms with E-state index in [-0.39, 0.29) is 11.8 Å². The van der Waals surface area contributed by atoms with Crippen LogP contribution in [0, 0.1) is 0 Å². The molecule has 1 unspecified atom stereocenters. The molecule has 0 radical (unpaired) electrons. The van der Waals surface area contributed by atoms with Gasteiger partial charge >= 0.3 is 6.18 Å². The molecule has 3 N–H and O–H groups in total. The first-order chi connectivity index (χ1) is 9.31. The molecule has 0 amide bonds. The number of hydrogen-bond donors (Lipinski definition) is 2. The van der Waals surface area contributed by atoms with Gasteiger partial charge in [0, 0.05) is 25.2 Å². The van der Waals surface area contributed by atoms with E-state index in [9.17, 15) is 13.2 Å². The number of aromatic nitrogens is 2. The lowest BCUT2D eigenvalue weighted by Gasteiger charge is -2.22. The number of halogens is 3. The number of hydrazine groups is 1. The molecule has 0 saturated carbocycles. The van der Waals surface area contributed by atoms with Crippen LogP contribution in [0.5, 0.6) is 0 Å². The standard InChI is InChI=1S/C11H17F3N6/c1-19(2)7-3-4-20(6-7)9-5-8(11(12,13)14)16-10(17-9)18-15/h5,7H,3-4,6,15H2,1-2H3,(H,16,17,18). The lowest BCUT2D eigenvalue weighted by molar-refractivity contribution is -0.141. The molecule has 0 aromatic carbocycles. The van der Waals surface area contributed by atoms with Crippen LogP contribution in [0.3, 0.4) is 0 Å². The van der Waals surface area contributed by atoms with E-state index in [2.05, 4.69) is 15.4 Å². The lowest BCUT2D eigenvalue weighted by Crippen LogP contribution is -2.32. The smallest absolute Gasteiger partial charge is 0.355 e. The maximum absolute atomic E-state index is 12.8. The van der Waals surface area contributed by atoms with Crippen molar-refractivity contribution in [1.82, 2.24) is 14.9 Å². The number of nitrogen functional groups attached to an aromatic ring is 1. The van der Waals surface area contributed by atoms with Gasteiger partial charge in [0.05, 0.1) is 0 Å². The fourth-order valence-electron chi connectivity index (χ4n) is 2.18. The number of anilines is 2. The molecule has 0 spiro atoms. The minimum absolute atomic E-state index is 0.233. The van der Waals surface area contributed by atoms with E-state index in [0.29, 0.717) is 19.1 Å². The molecule has 0 aliphatic carbocycles. The monoisotopic (exact) mass is 290 g/mol. The molecule has 9 heteroatoms. The van der Waals surface area contributed by atoms with E-state index < -0.39 is 11.9 Å². The number of likely N-dealkylation sites (N-methyl/N-ethyl adjacent to an activating group) is 1. The second-order valence-corrected chi connectivity index (χ2v) is 4.93. The van der Waals surface area contributed by atoms with Crippen molar-refractivity contribution >= 4 is 11.8 Å². The number of nitrogens with zero attached hydrogens (tertiary/aromatic N) is 4. The third-order valence-electron chi connectivity index (χ3n) is 3.35. The highest BCUT2D eigenvalue weighted by molar-refractivity contribution is 5.46. The predicted octanol–water partition coefficient (Wildman–Crippen LogP) is 0.921. The van der Waals surface area contributed by atoms with Crippen LogP contribution in [-0.4, -0.2) is 48.1 Å². The predicted molar refractivity (Wildman–Crippen MR) is 69.1 cm³/mol. The highest BCUT2D eigenvalue weighted by atomic mass is 19.4. The molecule has 2 rings (SSSR count).